The van der Waals surface area contributed by atoms with Gasteiger partial charge in [0.05, 0.1) is 13.7 Å². The maximum absolute atomic E-state index is 5.91. The maximum Gasteiger partial charge on any atom is 0.193 e. The minimum absolute atomic E-state index is 0.468. The van der Waals surface area contributed by atoms with E-state index in [1.165, 1.54) is 38.8 Å². The molecule has 116 valence electrons. The first-order chi connectivity index (χ1) is 10.3. The zero-order valence-electron chi connectivity index (χ0n) is 12.8. The molecule has 0 bridgehead atoms. The average molecular weight is 290 g/mol. The number of hydrogen-bond donors (Lipinski definition) is 2. The topological polar surface area (TPSA) is 62.9 Å². The SMILES string of the molecule is COc1ccc(NC(N)=NCCN2CCCCCC2)cc1. The Morgan fingerprint density at radius 2 is 1.86 bits per heavy atom. The van der Waals surface area contributed by atoms with Crippen molar-refractivity contribution >= 4 is 11.6 Å². The van der Waals surface area contributed by atoms with Crippen molar-refractivity contribution in [3.05, 3.63) is 24.3 Å². The monoisotopic (exact) mass is 290 g/mol. The molecule has 2 rings (SSSR count). The van der Waals surface area contributed by atoms with Gasteiger partial charge < -0.3 is 20.7 Å². The van der Waals surface area contributed by atoms with Crippen LogP contribution in [0.2, 0.25) is 0 Å². The zero-order chi connectivity index (χ0) is 14.9. The molecule has 0 aromatic heterocycles. The highest BCUT2D eigenvalue weighted by molar-refractivity contribution is 5.92. The van der Waals surface area contributed by atoms with Crippen LogP contribution in [0.4, 0.5) is 5.69 Å². The molecular formula is C16H26N4O. The van der Waals surface area contributed by atoms with Crippen molar-refractivity contribution in [1.29, 1.82) is 0 Å². The number of nitrogens with two attached hydrogens (primary N) is 1. The molecule has 0 aliphatic carbocycles. The Labute approximate surface area is 127 Å². The van der Waals surface area contributed by atoms with E-state index in [2.05, 4.69) is 15.2 Å². The van der Waals surface area contributed by atoms with E-state index in [1.807, 2.05) is 24.3 Å². The first-order valence-electron chi connectivity index (χ1n) is 7.71. The zero-order valence-corrected chi connectivity index (χ0v) is 12.8. The third-order valence-corrected chi connectivity index (χ3v) is 3.76. The van der Waals surface area contributed by atoms with Gasteiger partial charge in [0.15, 0.2) is 5.96 Å². The predicted molar refractivity (Wildman–Crippen MR) is 88.0 cm³/mol. The lowest BCUT2D eigenvalue weighted by atomic mass is 10.2. The van der Waals surface area contributed by atoms with Gasteiger partial charge in [0.2, 0.25) is 0 Å². The van der Waals surface area contributed by atoms with E-state index >= 15 is 0 Å². The highest BCUT2D eigenvalue weighted by Crippen LogP contribution is 2.14. The van der Waals surface area contributed by atoms with Crippen molar-refractivity contribution in [2.75, 3.05) is 38.6 Å². The molecule has 1 aliphatic rings. The number of benzene rings is 1. The minimum Gasteiger partial charge on any atom is -0.497 e. The second-order valence-corrected chi connectivity index (χ2v) is 5.38. The standard InChI is InChI=1S/C16H26N4O/c1-21-15-8-6-14(7-9-15)19-16(17)18-10-13-20-11-4-2-3-5-12-20/h6-9H,2-5,10-13H2,1H3,(H3,17,18,19). The molecule has 1 aromatic carbocycles. The van der Waals surface area contributed by atoms with Crippen molar-refractivity contribution in [3.63, 3.8) is 0 Å². The summed E-state index contributed by atoms with van der Waals surface area (Å²) >= 11 is 0. The van der Waals surface area contributed by atoms with Crippen LogP contribution in [0, 0.1) is 0 Å². The van der Waals surface area contributed by atoms with Gasteiger partial charge in [-0.2, -0.15) is 0 Å². The number of hydrogen-bond acceptors (Lipinski definition) is 3. The van der Waals surface area contributed by atoms with E-state index in [4.69, 9.17) is 10.5 Å². The molecule has 0 spiro atoms. The molecule has 0 amide bonds. The van der Waals surface area contributed by atoms with Gasteiger partial charge in [-0.3, -0.25) is 4.99 Å². The Bertz CT molecular complexity index is 436. The summed E-state index contributed by atoms with van der Waals surface area (Å²) in [7, 11) is 1.65. The summed E-state index contributed by atoms with van der Waals surface area (Å²) in [6.45, 7) is 4.13. The average Bonchev–Trinajstić information content (AvgIpc) is 2.77. The molecule has 3 N–H and O–H groups in total. The van der Waals surface area contributed by atoms with Crippen molar-refractivity contribution < 1.29 is 4.74 Å². The van der Waals surface area contributed by atoms with Gasteiger partial charge in [0, 0.05) is 12.2 Å². The Balaban J connectivity index is 1.74. The first kappa shape index (κ1) is 15.6. The summed E-state index contributed by atoms with van der Waals surface area (Å²) in [5, 5.41) is 3.10. The Morgan fingerprint density at radius 3 is 2.48 bits per heavy atom. The number of anilines is 1. The quantitative estimate of drug-likeness (QED) is 0.645. The van der Waals surface area contributed by atoms with Gasteiger partial charge in [-0.1, -0.05) is 12.8 Å². The van der Waals surface area contributed by atoms with Gasteiger partial charge >= 0.3 is 0 Å². The van der Waals surface area contributed by atoms with Crippen molar-refractivity contribution in [2.45, 2.75) is 25.7 Å². The number of guanidine groups is 1. The number of likely N-dealkylation sites (tertiary alicyclic amines) is 1. The van der Waals surface area contributed by atoms with Gasteiger partial charge in [-0.05, 0) is 50.2 Å². The second-order valence-electron chi connectivity index (χ2n) is 5.38. The molecule has 0 atom stereocenters. The number of rotatable bonds is 5. The fraction of sp³-hybridized carbons (Fsp3) is 0.562. The van der Waals surface area contributed by atoms with E-state index in [0.717, 1.165) is 24.5 Å². The van der Waals surface area contributed by atoms with Crippen LogP contribution in [0.15, 0.2) is 29.3 Å². The summed E-state index contributed by atoms with van der Waals surface area (Å²) in [6.07, 6.45) is 5.34. The van der Waals surface area contributed by atoms with Crippen LogP contribution in [0.25, 0.3) is 0 Å². The van der Waals surface area contributed by atoms with Crippen LogP contribution in [0.3, 0.4) is 0 Å². The number of methoxy groups -OCH3 is 1. The van der Waals surface area contributed by atoms with E-state index < -0.39 is 0 Å². The van der Waals surface area contributed by atoms with Crippen molar-refractivity contribution in [2.24, 2.45) is 10.7 Å². The summed E-state index contributed by atoms with van der Waals surface area (Å²) < 4.78 is 5.12. The van der Waals surface area contributed by atoms with Gasteiger partial charge in [0.25, 0.3) is 0 Å². The molecule has 1 aliphatic heterocycles. The summed E-state index contributed by atoms with van der Waals surface area (Å²) in [5.74, 6) is 1.30. The van der Waals surface area contributed by atoms with Crippen LogP contribution in [0.5, 0.6) is 5.75 Å². The summed E-state index contributed by atoms with van der Waals surface area (Å²) in [5.41, 5.74) is 6.83. The lowest BCUT2D eigenvalue weighted by Gasteiger charge is -2.18. The molecule has 1 saturated heterocycles. The highest BCUT2D eigenvalue weighted by Gasteiger charge is 2.07. The lowest BCUT2D eigenvalue weighted by Crippen LogP contribution is -2.29. The van der Waals surface area contributed by atoms with Crippen LogP contribution < -0.4 is 15.8 Å². The highest BCUT2D eigenvalue weighted by atomic mass is 16.5. The molecule has 0 unspecified atom stereocenters. The molecule has 5 nitrogen and oxygen atoms in total. The number of nitrogens with zero attached hydrogens (tertiary/aromatic N) is 2. The largest absolute Gasteiger partial charge is 0.497 e. The van der Waals surface area contributed by atoms with Crippen LogP contribution >= 0.6 is 0 Å². The number of nitrogens with one attached hydrogen (secondary N) is 1. The Hall–Kier alpha value is -1.75. The van der Waals surface area contributed by atoms with Gasteiger partial charge in [0.1, 0.15) is 5.75 Å². The van der Waals surface area contributed by atoms with E-state index in [1.54, 1.807) is 7.11 Å². The van der Waals surface area contributed by atoms with E-state index in [9.17, 15) is 0 Å². The molecule has 0 saturated carbocycles. The normalized spacial score (nSPS) is 17.3. The van der Waals surface area contributed by atoms with Gasteiger partial charge in [-0.25, -0.2) is 0 Å². The van der Waals surface area contributed by atoms with Crippen LogP contribution in [-0.2, 0) is 0 Å². The number of ether oxygens (including phenoxy) is 1. The summed E-state index contributed by atoms with van der Waals surface area (Å²) in [4.78, 5) is 6.88. The fourth-order valence-electron chi connectivity index (χ4n) is 2.53. The molecule has 1 fully saturated rings. The number of aliphatic imine (C=N–C) groups is 1. The molecule has 1 heterocycles. The summed E-state index contributed by atoms with van der Waals surface area (Å²) in [6, 6.07) is 7.64. The third-order valence-electron chi connectivity index (χ3n) is 3.76. The smallest absolute Gasteiger partial charge is 0.193 e. The first-order valence-corrected chi connectivity index (χ1v) is 7.71. The van der Waals surface area contributed by atoms with Crippen molar-refractivity contribution in [3.8, 4) is 5.75 Å². The van der Waals surface area contributed by atoms with E-state index in [0.29, 0.717) is 5.96 Å². The van der Waals surface area contributed by atoms with Gasteiger partial charge in [-0.15, -0.1) is 0 Å². The molecular weight excluding hydrogens is 264 g/mol. The third kappa shape index (κ3) is 5.63. The minimum atomic E-state index is 0.468. The Kier molecular flexibility index (Phi) is 6.34. The maximum atomic E-state index is 5.91. The Morgan fingerprint density at radius 1 is 1.19 bits per heavy atom. The fourth-order valence-corrected chi connectivity index (χ4v) is 2.53. The van der Waals surface area contributed by atoms with Crippen LogP contribution in [-0.4, -0.2) is 44.1 Å². The van der Waals surface area contributed by atoms with E-state index in [-0.39, 0.29) is 0 Å². The lowest BCUT2D eigenvalue weighted by molar-refractivity contribution is 0.293. The van der Waals surface area contributed by atoms with Crippen molar-refractivity contribution in [1.82, 2.24) is 4.90 Å². The molecule has 5 heteroatoms. The predicted octanol–water partition coefficient (Wildman–Crippen LogP) is 2.30. The molecule has 21 heavy (non-hydrogen) atoms. The molecule has 0 radical (unpaired) electrons. The molecule has 1 aromatic rings. The van der Waals surface area contributed by atoms with Crippen LogP contribution in [0.1, 0.15) is 25.7 Å². The second kappa shape index (κ2) is 8.52.